The third-order valence-electron chi connectivity index (χ3n) is 5.05. The first-order valence-electron chi connectivity index (χ1n) is 8.71. The molecule has 3 heteroatoms. The molecule has 0 bridgehead atoms. The summed E-state index contributed by atoms with van der Waals surface area (Å²) in [6.45, 7) is 3.24. The van der Waals surface area contributed by atoms with Crippen LogP contribution in [0, 0.1) is 5.92 Å². The number of carbonyl (C=O) groups is 1. The number of likely N-dealkylation sites (tertiary alicyclic amines) is 1. The Hall–Kier alpha value is -2.13. The van der Waals surface area contributed by atoms with Gasteiger partial charge in [0.05, 0.1) is 6.10 Å². The second-order valence-electron chi connectivity index (χ2n) is 6.75. The number of carbonyl (C=O) groups excluding carboxylic acids is 1. The largest absolute Gasteiger partial charge is 0.391 e. The van der Waals surface area contributed by atoms with Gasteiger partial charge >= 0.3 is 0 Å². The van der Waals surface area contributed by atoms with E-state index >= 15 is 0 Å². The predicted octanol–water partition coefficient (Wildman–Crippen LogP) is 3.44. The van der Waals surface area contributed by atoms with Crippen LogP contribution < -0.4 is 0 Å². The molecule has 1 N–H and O–H groups in total. The maximum absolute atomic E-state index is 12.8. The zero-order valence-electron chi connectivity index (χ0n) is 14.1. The summed E-state index contributed by atoms with van der Waals surface area (Å²) in [6.07, 6.45) is 0.901. The van der Waals surface area contributed by atoms with Gasteiger partial charge in [0.25, 0.3) is 0 Å². The highest BCUT2D eigenvalue weighted by Crippen LogP contribution is 2.29. The normalized spacial score (nSPS) is 21.0. The van der Waals surface area contributed by atoms with Crippen LogP contribution in [0.25, 0.3) is 0 Å². The molecule has 2 atom stereocenters. The van der Waals surface area contributed by atoms with Gasteiger partial charge in [-0.05, 0) is 23.5 Å². The predicted molar refractivity (Wildman–Crippen MR) is 95.7 cm³/mol. The van der Waals surface area contributed by atoms with Gasteiger partial charge in [-0.25, -0.2) is 0 Å². The standard InChI is InChI=1S/C21H25NO2/c1-16-12-13-22(15-20(16)23)21(24)14-19(17-8-4-2-5-9-17)18-10-6-3-7-11-18/h2-11,16,19-20,23H,12-15H2,1H3. The molecule has 2 aromatic rings. The van der Waals surface area contributed by atoms with Crippen LogP contribution in [0.4, 0.5) is 0 Å². The van der Waals surface area contributed by atoms with Gasteiger partial charge < -0.3 is 10.0 Å². The van der Waals surface area contributed by atoms with Crippen LogP contribution in [-0.4, -0.2) is 35.1 Å². The Balaban J connectivity index is 1.78. The molecule has 1 saturated heterocycles. The summed E-state index contributed by atoms with van der Waals surface area (Å²) in [7, 11) is 0. The van der Waals surface area contributed by atoms with Crippen molar-refractivity contribution in [1.29, 1.82) is 0 Å². The van der Waals surface area contributed by atoms with Gasteiger partial charge in [-0.15, -0.1) is 0 Å². The second kappa shape index (κ2) is 7.63. The highest BCUT2D eigenvalue weighted by Gasteiger charge is 2.29. The van der Waals surface area contributed by atoms with Crippen molar-refractivity contribution < 1.29 is 9.90 Å². The van der Waals surface area contributed by atoms with E-state index in [4.69, 9.17) is 0 Å². The number of amides is 1. The summed E-state index contributed by atoms with van der Waals surface area (Å²) in [5, 5.41) is 10.1. The van der Waals surface area contributed by atoms with E-state index in [1.165, 1.54) is 0 Å². The number of β-amino-alcohol motifs (C(OH)–C–C–N with tert-alkyl or cyclic N) is 1. The number of hydrogen-bond donors (Lipinski definition) is 1. The molecule has 24 heavy (non-hydrogen) atoms. The minimum Gasteiger partial charge on any atom is -0.391 e. The van der Waals surface area contributed by atoms with Gasteiger partial charge in [-0.3, -0.25) is 4.79 Å². The maximum Gasteiger partial charge on any atom is 0.223 e. The van der Waals surface area contributed by atoms with Gasteiger partial charge in [0.15, 0.2) is 0 Å². The van der Waals surface area contributed by atoms with E-state index in [0.29, 0.717) is 13.0 Å². The fourth-order valence-corrected chi connectivity index (χ4v) is 3.38. The van der Waals surface area contributed by atoms with Gasteiger partial charge in [-0.2, -0.15) is 0 Å². The van der Waals surface area contributed by atoms with E-state index in [9.17, 15) is 9.90 Å². The van der Waals surface area contributed by atoms with Gasteiger partial charge in [0, 0.05) is 25.4 Å². The highest BCUT2D eigenvalue weighted by atomic mass is 16.3. The molecule has 1 aliphatic heterocycles. The molecule has 0 spiro atoms. The second-order valence-corrected chi connectivity index (χ2v) is 6.75. The quantitative estimate of drug-likeness (QED) is 0.936. The van der Waals surface area contributed by atoms with E-state index in [1.54, 1.807) is 0 Å². The van der Waals surface area contributed by atoms with Crippen molar-refractivity contribution in [1.82, 2.24) is 4.90 Å². The number of aliphatic hydroxyl groups excluding tert-OH is 1. The molecule has 0 aliphatic carbocycles. The van der Waals surface area contributed by atoms with E-state index in [1.807, 2.05) is 48.2 Å². The smallest absolute Gasteiger partial charge is 0.223 e. The lowest BCUT2D eigenvalue weighted by Gasteiger charge is -2.35. The third kappa shape index (κ3) is 3.85. The van der Waals surface area contributed by atoms with Crippen LogP contribution in [0.2, 0.25) is 0 Å². The lowest BCUT2D eigenvalue weighted by atomic mass is 9.87. The lowest BCUT2D eigenvalue weighted by molar-refractivity contribution is -0.135. The zero-order chi connectivity index (χ0) is 16.9. The summed E-state index contributed by atoms with van der Waals surface area (Å²) in [5.74, 6) is 0.447. The van der Waals surface area contributed by atoms with Crippen molar-refractivity contribution in [2.24, 2.45) is 5.92 Å². The summed E-state index contributed by atoms with van der Waals surface area (Å²) in [5.41, 5.74) is 2.31. The number of benzene rings is 2. The monoisotopic (exact) mass is 323 g/mol. The summed E-state index contributed by atoms with van der Waals surface area (Å²) < 4.78 is 0. The fraction of sp³-hybridized carbons (Fsp3) is 0.381. The SMILES string of the molecule is CC1CCN(C(=O)CC(c2ccccc2)c2ccccc2)CC1O. The third-order valence-corrected chi connectivity index (χ3v) is 5.05. The Kier molecular flexibility index (Phi) is 5.31. The highest BCUT2D eigenvalue weighted by molar-refractivity contribution is 5.78. The maximum atomic E-state index is 12.8. The minimum absolute atomic E-state index is 0.0522. The van der Waals surface area contributed by atoms with E-state index < -0.39 is 6.10 Å². The van der Waals surface area contributed by atoms with E-state index in [2.05, 4.69) is 24.3 Å². The van der Waals surface area contributed by atoms with Gasteiger partial charge in [-0.1, -0.05) is 67.6 Å². The van der Waals surface area contributed by atoms with Crippen molar-refractivity contribution in [2.75, 3.05) is 13.1 Å². The number of aliphatic hydroxyl groups is 1. The Morgan fingerprint density at radius 3 is 2.12 bits per heavy atom. The summed E-state index contributed by atoms with van der Waals surface area (Å²) in [6, 6.07) is 20.4. The van der Waals surface area contributed by atoms with Crippen LogP contribution in [0.1, 0.15) is 36.8 Å². The van der Waals surface area contributed by atoms with E-state index in [0.717, 1.165) is 24.1 Å². The average molecular weight is 323 g/mol. The van der Waals surface area contributed by atoms with Crippen LogP contribution >= 0.6 is 0 Å². The van der Waals surface area contributed by atoms with Crippen molar-refractivity contribution >= 4 is 5.91 Å². The minimum atomic E-state index is -0.408. The molecule has 2 unspecified atom stereocenters. The summed E-state index contributed by atoms with van der Waals surface area (Å²) in [4.78, 5) is 14.6. The number of hydrogen-bond acceptors (Lipinski definition) is 2. The van der Waals surface area contributed by atoms with Crippen molar-refractivity contribution in [2.45, 2.75) is 31.8 Å². The number of rotatable bonds is 4. The Bertz CT molecular complexity index is 617. The lowest BCUT2D eigenvalue weighted by Crippen LogP contribution is -2.46. The molecule has 0 radical (unpaired) electrons. The van der Waals surface area contributed by atoms with E-state index in [-0.39, 0.29) is 17.7 Å². The van der Waals surface area contributed by atoms with Crippen molar-refractivity contribution in [3.63, 3.8) is 0 Å². The summed E-state index contributed by atoms with van der Waals surface area (Å²) >= 11 is 0. The van der Waals surface area contributed by atoms with Crippen LogP contribution in [0.5, 0.6) is 0 Å². The average Bonchev–Trinajstić information content (AvgIpc) is 2.63. The topological polar surface area (TPSA) is 40.5 Å². The van der Waals surface area contributed by atoms with Crippen LogP contribution in [-0.2, 0) is 4.79 Å². The molecule has 1 amide bonds. The number of piperidine rings is 1. The molecule has 1 aliphatic rings. The fourth-order valence-electron chi connectivity index (χ4n) is 3.38. The molecular weight excluding hydrogens is 298 g/mol. The molecule has 0 aromatic heterocycles. The van der Waals surface area contributed by atoms with Crippen LogP contribution in [0.3, 0.4) is 0 Å². The van der Waals surface area contributed by atoms with Gasteiger partial charge in [0.1, 0.15) is 0 Å². The molecule has 1 heterocycles. The molecule has 0 saturated carbocycles. The Labute approximate surface area is 143 Å². The first kappa shape index (κ1) is 16.7. The van der Waals surface area contributed by atoms with Crippen LogP contribution in [0.15, 0.2) is 60.7 Å². The molecule has 2 aromatic carbocycles. The Morgan fingerprint density at radius 1 is 1.08 bits per heavy atom. The van der Waals surface area contributed by atoms with Crippen molar-refractivity contribution in [3.8, 4) is 0 Å². The molecule has 1 fully saturated rings. The first-order valence-corrected chi connectivity index (χ1v) is 8.71. The molecular formula is C21H25NO2. The zero-order valence-corrected chi connectivity index (χ0v) is 14.1. The Morgan fingerprint density at radius 2 is 1.62 bits per heavy atom. The van der Waals surface area contributed by atoms with Crippen molar-refractivity contribution in [3.05, 3.63) is 71.8 Å². The molecule has 126 valence electrons. The number of nitrogens with zero attached hydrogens (tertiary/aromatic N) is 1. The first-order chi connectivity index (χ1) is 11.6. The molecule has 3 nitrogen and oxygen atoms in total. The molecule has 3 rings (SSSR count). The van der Waals surface area contributed by atoms with Gasteiger partial charge in [0.2, 0.25) is 5.91 Å².